The summed E-state index contributed by atoms with van der Waals surface area (Å²) in [5.74, 6) is 3.24. The SMILES string of the molecule is O=C1NC(=O)C2(CC(C(=O)N[C@@H](C3CCCC3)C3CCSCC3)C2)N1. The van der Waals surface area contributed by atoms with Crippen LogP contribution in [0.5, 0.6) is 0 Å². The molecule has 4 rings (SSSR count). The normalized spacial score (nSPS) is 34.5. The Morgan fingerprint density at radius 1 is 1.08 bits per heavy atom. The summed E-state index contributed by atoms with van der Waals surface area (Å²) >= 11 is 2.02. The van der Waals surface area contributed by atoms with Gasteiger partial charge < -0.3 is 10.6 Å². The fourth-order valence-corrected chi connectivity index (χ4v) is 6.22. The molecule has 25 heavy (non-hydrogen) atoms. The molecule has 0 bridgehead atoms. The van der Waals surface area contributed by atoms with E-state index in [1.165, 1.54) is 50.0 Å². The molecule has 4 fully saturated rings. The predicted octanol–water partition coefficient (Wildman–Crippen LogP) is 1.79. The molecular weight excluding hydrogens is 338 g/mol. The van der Waals surface area contributed by atoms with Crippen LogP contribution >= 0.6 is 11.8 Å². The number of carbonyl (C=O) groups is 3. The largest absolute Gasteiger partial charge is 0.353 e. The van der Waals surface area contributed by atoms with Gasteiger partial charge in [0.1, 0.15) is 5.54 Å². The zero-order valence-corrected chi connectivity index (χ0v) is 15.3. The third-order valence-corrected chi connectivity index (χ3v) is 7.61. The third kappa shape index (κ3) is 3.27. The van der Waals surface area contributed by atoms with Gasteiger partial charge >= 0.3 is 6.03 Å². The van der Waals surface area contributed by atoms with Crippen LogP contribution in [0.2, 0.25) is 0 Å². The van der Waals surface area contributed by atoms with Crippen molar-refractivity contribution in [3.63, 3.8) is 0 Å². The van der Waals surface area contributed by atoms with Gasteiger partial charge in [0.15, 0.2) is 0 Å². The maximum atomic E-state index is 12.8. The van der Waals surface area contributed by atoms with Crippen LogP contribution in [-0.4, -0.2) is 40.9 Å². The van der Waals surface area contributed by atoms with Gasteiger partial charge in [-0.3, -0.25) is 14.9 Å². The van der Waals surface area contributed by atoms with Crippen LogP contribution in [0.3, 0.4) is 0 Å². The summed E-state index contributed by atoms with van der Waals surface area (Å²) in [5.41, 5.74) is -0.830. The van der Waals surface area contributed by atoms with Crippen molar-refractivity contribution in [1.82, 2.24) is 16.0 Å². The second kappa shape index (κ2) is 6.82. The lowest BCUT2D eigenvalue weighted by atomic mass is 9.67. The Balaban J connectivity index is 1.37. The topological polar surface area (TPSA) is 87.3 Å². The van der Waals surface area contributed by atoms with E-state index in [0.717, 1.165) is 0 Å². The van der Waals surface area contributed by atoms with E-state index < -0.39 is 11.6 Å². The summed E-state index contributed by atoms with van der Waals surface area (Å²) in [4.78, 5) is 36.1. The molecule has 0 aromatic rings. The summed E-state index contributed by atoms with van der Waals surface area (Å²) in [6.07, 6.45) is 8.23. The Morgan fingerprint density at radius 3 is 2.32 bits per heavy atom. The molecule has 2 saturated carbocycles. The number of hydrogen-bond acceptors (Lipinski definition) is 4. The maximum absolute atomic E-state index is 12.8. The van der Waals surface area contributed by atoms with Crippen LogP contribution in [0.25, 0.3) is 0 Å². The monoisotopic (exact) mass is 365 g/mol. The molecule has 0 aromatic heterocycles. The number of imide groups is 1. The van der Waals surface area contributed by atoms with E-state index in [4.69, 9.17) is 0 Å². The van der Waals surface area contributed by atoms with Gasteiger partial charge in [0.25, 0.3) is 5.91 Å². The van der Waals surface area contributed by atoms with E-state index in [1.54, 1.807) is 0 Å². The van der Waals surface area contributed by atoms with Crippen molar-refractivity contribution < 1.29 is 14.4 Å². The van der Waals surface area contributed by atoms with Crippen LogP contribution in [0.1, 0.15) is 51.4 Å². The number of carbonyl (C=O) groups excluding carboxylic acids is 3. The number of hydrogen-bond donors (Lipinski definition) is 3. The Hall–Kier alpha value is -1.24. The van der Waals surface area contributed by atoms with Crippen molar-refractivity contribution in [2.45, 2.75) is 62.9 Å². The van der Waals surface area contributed by atoms with Gasteiger partial charge in [-0.1, -0.05) is 12.8 Å². The zero-order chi connectivity index (χ0) is 17.4. The van der Waals surface area contributed by atoms with E-state index in [0.29, 0.717) is 30.7 Å². The Kier molecular flexibility index (Phi) is 4.69. The minimum atomic E-state index is -0.830. The van der Waals surface area contributed by atoms with Crippen LogP contribution in [0.4, 0.5) is 4.79 Å². The van der Waals surface area contributed by atoms with Gasteiger partial charge in [0.2, 0.25) is 5.91 Å². The molecule has 1 atom stereocenters. The molecule has 138 valence electrons. The molecule has 1 spiro atoms. The van der Waals surface area contributed by atoms with Gasteiger partial charge in [0.05, 0.1) is 0 Å². The lowest BCUT2D eigenvalue weighted by molar-refractivity contribution is -0.137. The third-order valence-electron chi connectivity index (χ3n) is 6.57. The first-order chi connectivity index (χ1) is 12.1. The lowest BCUT2D eigenvalue weighted by Gasteiger charge is -2.43. The molecule has 6 nitrogen and oxygen atoms in total. The van der Waals surface area contributed by atoms with Crippen LogP contribution in [-0.2, 0) is 9.59 Å². The van der Waals surface area contributed by atoms with Crippen molar-refractivity contribution in [3.05, 3.63) is 0 Å². The molecule has 2 aliphatic carbocycles. The molecule has 2 aliphatic heterocycles. The summed E-state index contributed by atoms with van der Waals surface area (Å²) in [5, 5.41) is 8.34. The molecule has 0 radical (unpaired) electrons. The standard InChI is InChI=1S/C18H27N3O3S/c22-15(13-9-18(10-13)16(23)20-17(24)21-18)19-14(11-3-1-2-4-11)12-5-7-25-8-6-12/h11-14H,1-10H2,(H,19,22)(H2,20,21,23,24)/t13?,14-,18?/m0/s1. The number of rotatable bonds is 4. The second-order valence-corrected chi connectivity index (χ2v) is 9.35. The molecule has 0 unspecified atom stereocenters. The lowest BCUT2D eigenvalue weighted by Crippen LogP contribution is -2.61. The van der Waals surface area contributed by atoms with E-state index >= 15 is 0 Å². The van der Waals surface area contributed by atoms with Crippen LogP contribution in [0, 0.1) is 17.8 Å². The molecule has 4 aliphatic rings. The number of urea groups is 1. The molecule has 2 saturated heterocycles. The minimum Gasteiger partial charge on any atom is -0.353 e. The summed E-state index contributed by atoms with van der Waals surface area (Å²) < 4.78 is 0. The highest BCUT2D eigenvalue weighted by atomic mass is 32.2. The van der Waals surface area contributed by atoms with E-state index in [-0.39, 0.29) is 17.7 Å². The van der Waals surface area contributed by atoms with Crippen LogP contribution < -0.4 is 16.0 Å². The summed E-state index contributed by atoms with van der Waals surface area (Å²) in [6.45, 7) is 0. The molecular formula is C18H27N3O3S. The van der Waals surface area contributed by atoms with Gasteiger partial charge in [-0.25, -0.2) is 4.79 Å². The quantitative estimate of drug-likeness (QED) is 0.663. The van der Waals surface area contributed by atoms with Crippen molar-refractivity contribution in [1.29, 1.82) is 0 Å². The van der Waals surface area contributed by atoms with Gasteiger partial charge in [-0.05, 0) is 61.9 Å². The van der Waals surface area contributed by atoms with E-state index in [9.17, 15) is 14.4 Å². The fourth-order valence-electron chi connectivity index (χ4n) is 5.08. The molecule has 4 amide bonds. The average Bonchev–Trinajstić information content (AvgIpc) is 3.19. The Labute approximate surface area is 152 Å². The van der Waals surface area contributed by atoms with E-state index in [2.05, 4.69) is 16.0 Å². The first-order valence-electron chi connectivity index (χ1n) is 9.59. The average molecular weight is 365 g/mol. The highest BCUT2D eigenvalue weighted by molar-refractivity contribution is 7.99. The van der Waals surface area contributed by atoms with Crippen molar-refractivity contribution >= 4 is 29.6 Å². The summed E-state index contributed by atoms with van der Waals surface area (Å²) in [6, 6.07) is -0.146. The highest BCUT2D eigenvalue weighted by Crippen LogP contribution is 2.41. The maximum Gasteiger partial charge on any atom is 0.322 e. The number of nitrogens with one attached hydrogen (secondary N) is 3. The molecule has 3 N–H and O–H groups in total. The number of amides is 4. The van der Waals surface area contributed by atoms with Crippen molar-refractivity contribution in [2.24, 2.45) is 17.8 Å². The zero-order valence-electron chi connectivity index (χ0n) is 14.5. The molecule has 2 heterocycles. The second-order valence-electron chi connectivity index (χ2n) is 8.12. The van der Waals surface area contributed by atoms with Gasteiger partial charge in [-0.15, -0.1) is 0 Å². The van der Waals surface area contributed by atoms with Gasteiger partial charge in [-0.2, -0.15) is 11.8 Å². The number of thioether (sulfide) groups is 1. The van der Waals surface area contributed by atoms with Crippen molar-refractivity contribution in [3.8, 4) is 0 Å². The molecule has 0 aromatic carbocycles. The first-order valence-corrected chi connectivity index (χ1v) is 10.7. The Morgan fingerprint density at radius 2 is 1.72 bits per heavy atom. The van der Waals surface area contributed by atoms with Crippen LogP contribution in [0.15, 0.2) is 0 Å². The highest BCUT2D eigenvalue weighted by Gasteiger charge is 2.57. The smallest absolute Gasteiger partial charge is 0.322 e. The van der Waals surface area contributed by atoms with Crippen molar-refractivity contribution in [2.75, 3.05) is 11.5 Å². The predicted molar refractivity (Wildman–Crippen MR) is 96.1 cm³/mol. The fraction of sp³-hybridized carbons (Fsp3) is 0.833. The molecule has 7 heteroatoms. The van der Waals surface area contributed by atoms with E-state index in [1.807, 2.05) is 11.8 Å². The first kappa shape index (κ1) is 17.2. The van der Waals surface area contributed by atoms with Gasteiger partial charge in [0, 0.05) is 12.0 Å². The Bertz CT molecular complexity index is 564. The minimum absolute atomic E-state index is 0.0784. The summed E-state index contributed by atoms with van der Waals surface area (Å²) in [7, 11) is 0.